The van der Waals surface area contributed by atoms with Crippen LogP contribution in [0.15, 0.2) is 42.5 Å². The summed E-state index contributed by atoms with van der Waals surface area (Å²) in [4.78, 5) is 0. The number of rotatable bonds is 2. The van der Waals surface area contributed by atoms with Crippen LogP contribution in [-0.4, -0.2) is 19.3 Å². The summed E-state index contributed by atoms with van der Waals surface area (Å²) >= 11 is -0.378. The molecule has 0 amide bonds. The monoisotopic (exact) mass is 242 g/mol. The van der Waals surface area contributed by atoms with Crippen molar-refractivity contribution < 1.29 is 31.3 Å². The van der Waals surface area contributed by atoms with Crippen LogP contribution in [0.3, 0.4) is 0 Å². The molecule has 2 aromatic rings. The van der Waals surface area contributed by atoms with Gasteiger partial charge in [0.2, 0.25) is 0 Å². The van der Waals surface area contributed by atoms with Crippen LogP contribution in [0.4, 0.5) is 0 Å². The van der Waals surface area contributed by atoms with Crippen molar-refractivity contribution in [2.75, 3.05) is 0 Å². The van der Waals surface area contributed by atoms with Gasteiger partial charge < -0.3 is 21.5 Å². The van der Waals surface area contributed by atoms with E-state index in [4.69, 9.17) is 9.07 Å². The van der Waals surface area contributed by atoms with Crippen molar-refractivity contribution in [3.8, 4) is 0 Å². The molecule has 0 N–H and O–H groups in total. The molecule has 0 atom stereocenters. The molecule has 0 fully saturated rings. The molecule has 0 saturated carbocycles. The van der Waals surface area contributed by atoms with Gasteiger partial charge in [-0.05, 0) is 10.8 Å². The minimum absolute atomic E-state index is 0. The third-order valence-corrected chi connectivity index (χ3v) is 3.53. The summed E-state index contributed by atoms with van der Waals surface area (Å²) < 4.78 is 1.09. The summed E-state index contributed by atoms with van der Waals surface area (Å²) in [6.45, 7) is 0. The van der Waals surface area contributed by atoms with Crippen molar-refractivity contribution in [3.05, 3.63) is 48.0 Å². The minimum Gasteiger partial charge on any atom is -1.00 e. The zero-order chi connectivity index (χ0) is 9.10. The van der Waals surface area contributed by atoms with Crippen LogP contribution in [-0.2, 0) is 4.55 Å². The first-order valence-electron chi connectivity index (χ1n) is 4.44. The zero-order valence-corrected chi connectivity index (χ0v) is 11.6. The average Bonchev–Trinajstić information content (AvgIpc) is 2.18. The van der Waals surface area contributed by atoms with E-state index in [9.17, 15) is 0 Å². The molecule has 0 bridgehead atoms. The molecule has 2 aromatic carbocycles. The van der Waals surface area contributed by atoms with E-state index < -0.39 is 0 Å². The molecule has 0 aliphatic carbocycles. The van der Waals surface area contributed by atoms with E-state index in [0.29, 0.717) is 0 Å². The molecule has 0 aromatic heterocycles. The van der Waals surface area contributed by atoms with Crippen LogP contribution in [0, 0.1) is 0 Å². The topological polar surface area (TPSA) is 0 Å². The summed E-state index contributed by atoms with van der Waals surface area (Å²) in [5.74, 6) is 0. The number of benzene rings is 2. The Hall–Kier alpha value is 0.644. The van der Waals surface area contributed by atoms with E-state index in [1.54, 1.807) is 0 Å². The third-order valence-electron chi connectivity index (χ3n) is 2.20. The van der Waals surface area contributed by atoms with Gasteiger partial charge in [0.1, 0.15) is 0 Å². The van der Waals surface area contributed by atoms with Crippen molar-refractivity contribution >= 4 is 39.1 Å². The van der Waals surface area contributed by atoms with E-state index >= 15 is 0 Å². The maximum absolute atomic E-state index is 5.83. The molecule has 0 saturated heterocycles. The summed E-state index contributed by atoms with van der Waals surface area (Å²) in [6.07, 6.45) is 0. The van der Waals surface area contributed by atoms with Crippen LogP contribution < -0.4 is 31.3 Å². The summed E-state index contributed by atoms with van der Waals surface area (Å²) in [5.41, 5.74) is 1.38. The van der Waals surface area contributed by atoms with Crippen molar-refractivity contribution in [3.63, 3.8) is 0 Å². The second kappa shape index (κ2) is 7.84. The van der Waals surface area contributed by atoms with E-state index in [-0.39, 0.29) is 50.5 Å². The van der Waals surface area contributed by atoms with Gasteiger partial charge in [-0.25, -0.2) is 0 Å². The predicted molar refractivity (Wildman–Crippen MR) is 59.3 cm³/mol. The van der Waals surface area contributed by atoms with Crippen LogP contribution in [0.1, 0.15) is 5.56 Å². The molecule has 0 aliphatic rings. The fraction of sp³-hybridized carbons (Fsp3) is 0.0909. The van der Waals surface area contributed by atoms with Crippen molar-refractivity contribution in [2.24, 2.45) is 0 Å². The third kappa shape index (κ3) is 4.19. The molecule has 0 nitrogen and oxygen atoms in total. The van der Waals surface area contributed by atoms with Gasteiger partial charge in [0.25, 0.3) is 0 Å². The van der Waals surface area contributed by atoms with Crippen LogP contribution >= 0.6 is 9.07 Å². The molecule has 15 heavy (non-hydrogen) atoms. The van der Waals surface area contributed by atoms with E-state index in [2.05, 4.69) is 42.5 Å². The second-order valence-corrected chi connectivity index (χ2v) is 5.13. The normalized spacial score (nSPS) is 8.60. The first-order valence-corrected chi connectivity index (χ1v) is 7.57. The molecule has 0 heterocycles. The second-order valence-electron chi connectivity index (χ2n) is 3.12. The molecule has 0 radical (unpaired) electrons. The Balaban J connectivity index is 0.000000980. The quantitative estimate of drug-likeness (QED) is 0.500. The SMILES string of the molecule is [Cl-].[Cl][Mg][CH2]c1ccc2ccccc2c1.[Li+]. The molecule has 0 aliphatic heterocycles. The van der Waals surface area contributed by atoms with Crippen LogP contribution in [0.2, 0.25) is 0 Å². The molecule has 0 spiro atoms. The summed E-state index contributed by atoms with van der Waals surface area (Å²) in [5, 5.41) is 2.63. The fourth-order valence-corrected chi connectivity index (χ4v) is 2.69. The van der Waals surface area contributed by atoms with Gasteiger partial charge in [-0.15, -0.1) is 0 Å². The Morgan fingerprint density at radius 3 is 2.33 bits per heavy atom. The van der Waals surface area contributed by atoms with Gasteiger partial charge in [0.05, 0.1) is 0 Å². The fourth-order valence-electron chi connectivity index (χ4n) is 1.50. The number of hydrogen-bond acceptors (Lipinski definition) is 0. The van der Waals surface area contributed by atoms with Crippen LogP contribution in [0.25, 0.3) is 10.8 Å². The maximum Gasteiger partial charge on any atom is 1.00 e. The molecule has 0 unspecified atom stereocenters. The molecule has 2 rings (SSSR count). The average molecular weight is 243 g/mol. The van der Waals surface area contributed by atoms with Crippen molar-refractivity contribution in [1.82, 2.24) is 0 Å². The molecular formula is C11H9Cl2LiMg. The Morgan fingerprint density at radius 1 is 1.00 bits per heavy atom. The number of hydrogen-bond donors (Lipinski definition) is 0. The van der Waals surface area contributed by atoms with Gasteiger partial charge in [0, 0.05) is 0 Å². The standard InChI is InChI=1S/C11H9.2ClH.Li.Mg/c1-9-6-7-10-4-2-3-5-11(10)8-9;;;;/h2-8H,1H2;2*1H;;/q;;;2*+1/p-2. The van der Waals surface area contributed by atoms with Crippen molar-refractivity contribution in [2.45, 2.75) is 4.55 Å². The summed E-state index contributed by atoms with van der Waals surface area (Å²) in [6, 6.07) is 15.0. The number of halogens is 2. The Kier molecular flexibility index (Phi) is 8.18. The largest absolute Gasteiger partial charge is 1.00 e. The van der Waals surface area contributed by atoms with E-state index in [1.165, 1.54) is 16.3 Å². The van der Waals surface area contributed by atoms with Gasteiger partial charge in [0.15, 0.2) is 0 Å². The molecular weight excluding hydrogens is 234 g/mol. The van der Waals surface area contributed by atoms with Gasteiger partial charge in [-0.2, -0.15) is 0 Å². The number of fused-ring (bicyclic) bond motifs is 1. The van der Waals surface area contributed by atoms with E-state index in [1.807, 2.05) is 0 Å². The van der Waals surface area contributed by atoms with Crippen molar-refractivity contribution in [1.29, 1.82) is 0 Å². The first-order chi connectivity index (χ1) is 6.40. The minimum atomic E-state index is -0.378. The molecule has 70 valence electrons. The first kappa shape index (κ1) is 15.6. The Labute approximate surface area is 122 Å². The zero-order valence-electron chi connectivity index (χ0n) is 8.71. The maximum atomic E-state index is 5.83. The van der Waals surface area contributed by atoms with Gasteiger partial charge >= 0.3 is 38.1 Å². The Morgan fingerprint density at radius 2 is 1.67 bits per heavy atom. The van der Waals surface area contributed by atoms with Crippen LogP contribution in [0.5, 0.6) is 0 Å². The Bertz CT molecular complexity index is 420. The smallest absolute Gasteiger partial charge is 1.00 e. The van der Waals surface area contributed by atoms with Gasteiger partial charge in [-0.3, -0.25) is 0 Å². The van der Waals surface area contributed by atoms with Gasteiger partial charge in [-0.1, -0.05) is 52.6 Å². The molecule has 4 heteroatoms. The van der Waals surface area contributed by atoms with E-state index in [0.717, 1.165) is 4.55 Å². The summed E-state index contributed by atoms with van der Waals surface area (Å²) in [7, 11) is 5.83. The predicted octanol–water partition coefficient (Wildman–Crippen LogP) is -2.79.